The number of hydrogen-bond donors (Lipinski definition) is 4. The Hall–Kier alpha value is -0.935. The SMILES string of the molecule is BC1(B)NC(B)(B)C(O)(O)N(c2ccn3ncc(Br)c3n2)C1(B)O. The molecule has 1 fully saturated rings. The fraction of sp³-hybridized carbons (Fsp3) is 0.400. The third-order valence-electron chi connectivity index (χ3n) is 4.94. The van der Waals surface area contributed by atoms with Crippen LogP contribution in [0.4, 0.5) is 5.82 Å². The first kappa shape index (κ1) is 17.9. The molecule has 0 amide bonds. The standard InChI is InChI=1S/C10H17B5BrN5O3/c11-7(12)9(15,22)21(10(23,24)8(13,14)19-7)5-1-2-20-6(18-5)4(16)3-17-20/h1-3,19,22-24H,11-15H2. The van der Waals surface area contributed by atoms with Gasteiger partial charge in [0, 0.05) is 11.5 Å². The molecule has 3 heterocycles. The molecular formula is C10H17B5BrN5O3. The monoisotopic (exact) mass is 389 g/mol. The number of piperazine rings is 1. The highest BCUT2D eigenvalue weighted by atomic mass is 79.9. The lowest BCUT2D eigenvalue weighted by Crippen LogP contribution is -2.91. The number of aromatic nitrogens is 3. The van der Waals surface area contributed by atoms with Crippen molar-refractivity contribution in [3.05, 3.63) is 22.9 Å². The molecule has 2 aromatic heterocycles. The smallest absolute Gasteiger partial charge is 0.252 e. The van der Waals surface area contributed by atoms with E-state index >= 15 is 0 Å². The Kier molecular flexibility index (Phi) is 3.76. The number of anilines is 1. The van der Waals surface area contributed by atoms with Crippen molar-refractivity contribution in [2.24, 2.45) is 0 Å². The Morgan fingerprint density at radius 1 is 1.08 bits per heavy atom. The summed E-state index contributed by atoms with van der Waals surface area (Å²) in [4.78, 5) is 5.59. The number of fused-ring (bicyclic) bond motifs is 1. The van der Waals surface area contributed by atoms with E-state index in [0.29, 0.717) is 10.1 Å². The molecule has 24 heavy (non-hydrogen) atoms. The van der Waals surface area contributed by atoms with Crippen LogP contribution in [0.3, 0.4) is 0 Å². The molecular weight excluding hydrogens is 372 g/mol. The quantitative estimate of drug-likeness (QED) is 0.284. The molecule has 1 aliphatic heterocycles. The third kappa shape index (κ3) is 2.27. The van der Waals surface area contributed by atoms with Crippen molar-refractivity contribution in [2.75, 3.05) is 4.90 Å². The minimum Gasteiger partial charge on any atom is -0.379 e. The van der Waals surface area contributed by atoms with Gasteiger partial charge in [-0.25, -0.2) is 9.50 Å². The summed E-state index contributed by atoms with van der Waals surface area (Å²) in [5.74, 6) is -2.16. The minimum absolute atomic E-state index is 0.223. The zero-order chi connectivity index (χ0) is 18.1. The van der Waals surface area contributed by atoms with Gasteiger partial charge in [0.1, 0.15) is 42.8 Å². The van der Waals surface area contributed by atoms with Gasteiger partial charge in [-0.2, -0.15) is 5.10 Å². The Labute approximate surface area is 152 Å². The maximum absolute atomic E-state index is 11.1. The maximum atomic E-state index is 11.1. The lowest BCUT2D eigenvalue weighted by atomic mass is 9.43. The van der Waals surface area contributed by atoms with Crippen LogP contribution in [0.2, 0.25) is 0 Å². The van der Waals surface area contributed by atoms with Gasteiger partial charge >= 0.3 is 0 Å². The van der Waals surface area contributed by atoms with Crippen LogP contribution in [0.1, 0.15) is 0 Å². The highest BCUT2D eigenvalue weighted by Crippen LogP contribution is 2.39. The summed E-state index contributed by atoms with van der Waals surface area (Å²) in [6, 6.07) is 1.58. The van der Waals surface area contributed by atoms with E-state index in [0.717, 1.165) is 4.90 Å². The Bertz CT molecular complexity index is 787. The lowest BCUT2D eigenvalue weighted by molar-refractivity contribution is -0.219. The zero-order valence-corrected chi connectivity index (χ0v) is 15.8. The normalized spacial score (nSPS) is 28.1. The van der Waals surface area contributed by atoms with E-state index in [1.165, 1.54) is 7.85 Å². The molecule has 3 rings (SSSR count). The number of nitrogens with zero attached hydrogens (tertiary/aromatic N) is 4. The van der Waals surface area contributed by atoms with Crippen molar-refractivity contribution < 1.29 is 15.3 Å². The molecule has 0 saturated carbocycles. The summed E-state index contributed by atoms with van der Waals surface area (Å²) < 4.78 is 2.22. The van der Waals surface area contributed by atoms with Gasteiger partial charge in [-0.3, -0.25) is 4.90 Å². The van der Waals surface area contributed by atoms with E-state index in [-0.39, 0.29) is 5.82 Å². The molecule has 1 atom stereocenters. The molecule has 122 valence electrons. The van der Waals surface area contributed by atoms with E-state index in [9.17, 15) is 15.3 Å². The predicted octanol–water partition coefficient (Wildman–Crippen LogP) is -6.34. The maximum Gasteiger partial charge on any atom is 0.252 e. The molecule has 0 spiro atoms. The van der Waals surface area contributed by atoms with Crippen LogP contribution in [0, 0.1) is 0 Å². The summed E-state index contributed by atoms with van der Waals surface area (Å²) in [5.41, 5.74) is -1.13. The highest BCUT2D eigenvalue weighted by molar-refractivity contribution is 9.10. The fourth-order valence-electron chi connectivity index (χ4n) is 3.18. The Balaban J connectivity index is 2.25. The largest absolute Gasteiger partial charge is 0.379 e. The summed E-state index contributed by atoms with van der Waals surface area (Å²) >= 11 is 3.36. The Morgan fingerprint density at radius 2 is 1.71 bits per heavy atom. The second kappa shape index (κ2) is 5.04. The molecule has 2 aromatic rings. The number of hydrogen-bond acceptors (Lipinski definition) is 7. The van der Waals surface area contributed by atoms with Gasteiger partial charge in [0.15, 0.2) is 13.5 Å². The zero-order valence-electron chi connectivity index (χ0n) is 14.2. The average molecular weight is 389 g/mol. The summed E-state index contributed by atoms with van der Waals surface area (Å²) in [5, 5.41) is 38.1. The molecule has 0 bridgehead atoms. The summed E-state index contributed by atoms with van der Waals surface area (Å²) in [6.07, 6.45) is 3.25. The third-order valence-corrected chi connectivity index (χ3v) is 5.49. The van der Waals surface area contributed by atoms with E-state index in [1.807, 2.05) is 0 Å². The van der Waals surface area contributed by atoms with Crippen LogP contribution in [0.5, 0.6) is 0 Å². The van der Waals surface area contributed by atoms with Crippen LogP contribution in [0.15, 0.2) is 22.9 Å². The molecule has 0 radical (unpaired) electrons. The molecule has 14 heteroatoms. The van der Waals surface area contributed by atoms with E-state index < -0.39 is 22.2 Å². The first-order valence-electron chi connectivity index (χ1n) is 7.58. The highest BCUT2D eigenvalue weighted by Gasteiger charge is 2.63. The number of rotatable bonds is 1. The van der Waals surface area contributed by atoms with Gasteiger partial charge in [0.2, 0.25) is 0 Å². The first-order valence-corrected chi connectivity index (χ1v) is 8.37. The van der Waals surface area contributed by atoms with Crippen molar-refractivity contribution in [3.8, 4) is 0 Å². The van der Waals surface area contributed by atoms with Gasteiger partial charge < -0.3 is 20.6 Å². The van der Waals surface area contributed by atoms with Crippen molar-refractivity contribution in [1.82, 2.24) is 19.9 Å². The summed E-state index contributed by atoms with van der Waals surface area (Å²) in [7, 11) is 8.43. The second-order valence-electron chi connectivity index (χ2n) is 7.41. The number of aliphatic hydroxyl groups is 3. The van der Waals surface area contributed by atoms with E-state index in [2.05, 4.69) is 31.3 Å². The number of nitrogens with one attached hydrogen (secondary N) is 1. The molecule has 1 saturated heterocycles. The van der Waals surface area contributed by atoms with Gasteiger partial charge in [0.25, 0.3) is 5.91 Å². The van der Waals surface area contributed by atoms with Crippen molar-refractivity contribution in [2.45, 2.75) is 22.2 Å². The predicted molar refractivity (Wildman–Crippen MR) is 107 cm³/mol. The number of halogens is 1. The van der Waals surface area contributed by atoms with Crippen LogP contribution >= 0.6 is 15.9 Å². The lowest BCUT2D eigenvalue weighted by Gasteiger charge is -2.64. The van der Waals surface area contributed by atoms with Crippen molar-refractivity contribution in [3.63, 3.8) is 0 Å². The topological polar surface area (TPSA) is 106 Å². The molecule has 0 aromatic carbocycles. The molecule has 8 nitrogen and oxygen atoms in total. The molecule has 1 aliphatic rings. The molecule has 1 unspecified atom stereocenters. The molecule has 4 N–H and O–H groups in total. The summed E-state index contributed by atoms with van der Waals surface area (Å²) in [6.45, 7) is 0. The Morgan fingerprint density at radius 3 is 2.33 bits per heavy atom. The average Bonchev–Trinajstić information content (AvgIpc) is 2.77. The minimum atomic E-state index is -2.39. The van der Waals surface area contributed by atoms with Gasteiger partial charge in [0.05, 0.1) is 10.7 Å². The van der Waals surface area contributed by atoms with Crippen LogP contribution in [0.25, 0.3) is 5.65 Å². The van der Waals surface area contributed by atoms with Crippen LogP contribution < -0.4 is 10.2 Å². The first-order chi connectivity index (χ1) is 10.8. The van der Waals surface area contributed by atoms with Gasteiger partial charge in [-0.15, -0.1) is 0 Å². The van der Waals surface area contributed by atoms with Crippen LogP contribution in [-0.4, -0.2) is 91.4 Å². The van der Waals surface area contributed by atoms with E-state index in [1.54, 1.807) is 54.4 Å². The van der Waals surface area contributed by atoms with Gasteiger partial charge in [-0.05, 0) is 27.3 Å². The van der Waals surface area contributed by atoms with Crippen LogP contribution in [-0.2, 0) is 0 Å². The van der Waals surface area contributed by atoms with Crippen molar-refractivity contribution in [1.29, 1.82) is 0 Å². The second-order valence-corrected chi connectivity index (χ2v) is 8.27. The fourth-order valence-corrected chi connectivity index (χ4v) is 3.55. The van der Waals surface area contributed by atoms with Gasteiger partial charge in [-0.1, -0.05) is 0 Å². The molecule has 0 aliphatic carbocycles. The van der Waals surface area contributed by atoms with Crippen molar-refractivity contribution >= 4 is 66.6 Å². The van der Waals surface area contributed by atoms with E-state index in [4.69, 9.17) is 0 Å².